The van der Waals surface area contributed by atoms with Gasteiger partial charge in [-0.2, -0.15) is 0 Å². The third-order valence-electron chi connectivity index (χ3n) is 2.96. The first-order chi connectivity index (χ1) is 7.40. The average molecular weight is 245 g/mol. The van der Waals surface area contributed by atoms with Crippen LogP contribution in [0.1, 0.15) is 54.5 Å². The zero-order valence-corrected chi connectivity index (χ0v) is 10.5. The largest absolute Gasteiger partial charge is 0.144 e. The highest BCUT2D eigenvalue weighted by atomic mass is 35.5. The maximum atomic E-state index is 5.66. The van der Waals surface area contributed by atoms with Crippen molar-refractivity contribution < 1.29 is 0 Å². The van der Waals surface area contributed by atoms with E-state index >= 15 is 0 Å². The van der Waals surface area contributed by atoms with Crippen molar-refractivity contribution in [3.8, 4) is 0 Å². The molecule has 1 heterocycles. The van der Waals surface area contributed by atoms with Crippen LogP contribution in [0.5, 0.6) is 0 Å². The van der Waals surface area contributed by atoms with Gasteiger partial charge in [0.15, 0.2) is 0 Å². The van der Waals surface area contributed by atoms with Crippen LogP contribution in [0.2, 0.25) is 0 Å². The lowest BCUT2D eigenvalue weighted by Crippen LogP contribution is -2.03. The van der Waals surface area contributed by atoms with Crippen molar-refractivity contribution in [2.75, 3.05) is 5.88 Å². The summed E-state index contributed by atoms with van der Waals surface area (Å²) in [5.41, 5.74) is 0. The van der Waals surface area contributed by atoms with Crippen molar-refractivity contribution in [3.63, 3.8) is 0 Å². The molecule has 4 heteroatoms. The summed E-state index contributed by atoms with van der Waals surface area (Å²) in [7, 11) is 0. The third kappa shape index (κ3) is 3.15. The lowest BCUT2D eigenvalue weighted by Gasteiger charge is -2.18. The van der Waals surface area contributed by atoms with Gasteiger partial charge in [-0.15, -0.1) is 33.1 Å². The summed E-state index contributed by atoms with van der Waals surface area (Å²) in [6.07, 6.45) is 8.75. The van der Waals surface area contributed by atoms with Crippen LogP contribution in [0.25, 0.3) is 0 Å². The quantitative estimate of drug-likeness (QED) is 0.754. The molecule has 0 aromatic carbocycles. The van der Waals surface area contributed by atoms with Crippen molar-refractivity contribution in [1.29, 1.82) is 0 Å². The first-order valence-electron chi connectivity index (χ1n) is 5.78. The van der Waals surface area contributed by atoms with Gasteiger partial charge in [0, 0.05) is 18.2 Å². The zero-order chi connectivity index (χ0) is 10.5. The topological polar surface area (TPSA) is 25.8 Å². The summed E-state index contributed by atoms with van der Waals surface area (Å²) in [6.45, 7) is 0. The SMILES string of the molecule is ClCCCc1nnc(C2CCCCC2)s1. The Morgan fingerprint density at radius 1 is 1.20 bits per heavy atom. The molecule has 1 aromatic rings. The predicted molar refractivity (Wildman–Crippen MR) is 64.8 cm³/mol. The van der Waals surface area contributed by atoms with E-state index in [4.69, 9.17) is 11.6 Å². The van der Waals surface area contributed by atoms with Crippen LogP contribution in [0, 0.1) is 0 Å². The van der Waals surface area contributed by atoms with E-state index in [2.05, 4.69) is 10.2 Å². The second-order valence-corrected chi connectivity index (χ2v) is 5.63. The number of alkyl halides is 1. The Labute approximate surface area is 100 Å². The fraction of sp³-hybridized carbons (Fsp3) is 0.818. The standard InChI is InChI=1S/C11H17ClN2S/c12-8-4-7-10-13-14-11(15-10)9-5-2-1-3-6-9/h9H,1-8H2. The van der Waals surface area contributed by atoms with Gasteiger partial charge in [0.05, 0.1) is 0 Å². The first kappa shape index (κ1) is 11.3. The molecule has 0 spiro atoms. The summed E-state index contributed by atoms with van der Waals surface area (Å²) < 4.78 is 0. The van der Waals surface area contributed by atoms with Crippen molar-refractivity contribution in [2.45, 2.75) is 50.9 Å². The van der Waals surface area contributed by atoms with Gasteiger partial charge in [-0.05, 0) is 19.3 Å². The molecule has 1 fully saturated rings. The minimum absolute atomic E-state index is 0.695. The lowest BCUT2D eigenvalue weighted by molar-refractivity contribution is 0.440. The normalized spacial score (nSPS) is 18.2. The molecule has 0 unspecified atom stereocenters. The van der Waals surface area contributed by atoms with Gasteiger partial charge in [0.25, 0.3) is 0 Å². The lowest BCUT2D eigenvalue weighted by atomic mass is 9.90. The Bertz CT molecular complexity index is 295. The summed E-state index contributed by atoms with van der Waals surface area (Å²) in [4.78, 5) is 0. The maximum Gasteiger partial charge on any atom is 0.120 e. The van der Waals surface area contributed by atoms with Crippen LogP contribution in [0.3, 0.4) is 0 Å². The molecule has 1 aromatic heterocycles. The molecule has 0 bridgehead atoms. The van der Waals surface area contributed by atoms with Crippen LogP contribution < -0.4 is 0 Å². The van der Waals surface area contributed by atoms with E-state index in [0.717, 1.165) is 23.7 Å². The number of hydrogen-bond acceptors (Lipinski definition) is 3. The number of aryl methyl sites for hydroxylation is 1. The minimum Gasteiger partial charge on any atom is -0.144 e. The highest BCUT2D eigenvalue weighted by Gasteiger charge is 2.19. The van der Waals surface area contributed by atoms with Crippen LogP contribution in [0.15, 0.2) is 0 Å². The molecule has 1 saturated carbocycles. The molecule has 84 valence electrons. The molecule has 0 aliphatic heterocycles. The minimum atomic E-state index is 0.695. The van der Waals surface area contributed by atoms with Crippen LogP contribution in [-0.2, 0) is 6.42 Å². The molecule has 0 amide bonds. The van der Waals surface area contributed by atoms with Gasteiger partial charge >= 0.3 is 0 Å². The van der Waals surface area contributed by atoms with E-state index in [9.17, 15) is 0 Å². The van der Waals surface area contributed by atoms with Crippen molar-refractivity contribution in [2.24, 2.45) is 0 Å². The molecule has 1 aliphatic rings. The molecule has 2 rings (SSSR count). The Morgan fingerprint density at radius 2 is 2.00 bits per heavy atom. The Kier molecular flexibility index (Phi) is 4.39. The van der Waals surface area contributed by atoms with E-state index in [1.807, 2.05) is 0 Å². The first-order valence-corrected chi connectivity index (χ1v) is 7.13. The van der Waals surface area contributed by atoms with Crippen molar-refractivity contribution in [1.82, 2.24) is 10.2 Å². The van der Waals surface area contributed by atoms with Crippen molar-refractivity contribution >= 4 is 22.9 Å². The number of rotatable bonds is 4. The predicted octanol–water partition coefficient (Wildman–Crippen LogP) is 3.76. The monoisotopic (exact) mass is 244 g/mol. The Morgan fingerprint density at radius 3 is 2.73 bits per heavy atom. The molecule has 2 nitrogen and oxygen atoms in total. The van der Waals surface area contributed by atoms with Gasteiger partial charge in [-0.25, -0.2) is 0 Å². The van der Waals surface area contributed by atoms with E-state index in [1.165, 1.54) is 37.1 Å². The highest BCUT2D eigenvalue weighted by molar-refractivity contribution is 7.11. The van der Waals surface area contributed by atoms with Gasteiger partial charge in [0.1, 0.15) is 10.0 Å². The zero-order valence-electron chi connectivity index (χ0n) is 8.91. The smallest absolute Gasteiger partial charge is 0.120 e. The fourth-order valence-electron chi connectivity index (χ4n) is 2.10. The number of aromatic nitrogens is 2. The third-order valence-corrected chi connectivity index (χ3v) is 4.37. The molecular formula is C11H17ClN2S. The van der Waals surface area contributed by atoms with E-state index in [-0.39, 0.29) is 0 Å². The molecular weight excluding hydrogens is 228 g/mol. The van der Waals surface area contributed by atoms with E-state index in [0.29, 0.717) is 5.92 Å². The Hall–Kier alpha value is -0.150. The molecule has 0 radical (unpaired) electrons. The fourth-order valence-corrected chi connectivity index (χ4v) is 3.29. The second kappa shape index (κ2) is 5.80. The highest BCUT2D eigenvalue weighted by Crippen LogP contribution is 2.34. The molecule has 0 saturated heterocycles. The number of hydrogen-bond donors (Lipinski definition) is 0. The van der Waals surface area contributed by atoms with Gasteiger partial charge in [-0.3, -0.25) is 0 Å². The maximum absolute atomic E-state index is 5.66. The Balaban J connectivity index is 1.93. The molecule has 1 aliphatic carbocycles. The summed E-state index contributed by atoms with van der Waals surface area (Å²) in [6, 6.07) is 0. The van der Waals surface area contributed by atoms with Crippen LogP contribution >= 0.6 is 22.9 Å². The average Bonchev–Trinajstić information content (AvgIpc) is 2.76. The van der Waals surface area contributed by atoms with E-state index < -0.39 is 0 Å². The summed E-state index contributed by atoms with van der Waals surface area (Å²) in [5, 5.41) is 11.0. The second-order valence-electron chi connectivity index (χ2n) is 4.16. The molecule has 15 heavy (non-hydrogen) atoms. The summed E-state index contributed by atoms with van der Waals surface area (Å²) >= 11 is 7.46. The number of nitrogens with zero attached hydrogens (tertiary/aromatic N) is 2. The molecule has 0 N–H and O–H groups in total. The van der Waals surface area contributed by atoms with E-state index in [1.54, 1.807) is 11.3 Å². The van der Waals surface area contributed by atoms with Crippen LogP contribution in [-0.4, -0.2) is 16.1 Å². The van der Waals surface area contributed by atoms with Gasteiger partial charge in [-0.1, -0.05) is 19.3 Å². The summed E-state index contributed by atoms with van der Waals surface area (Å²) in [5.74, 6) is 1.42. The van der Waals surface area contributed by atoms with Crippen LogP contribution in [0.4, 0.5) is 0 Å². The van der Waals surface area contributed by atoms with Gasteiger partial charge < -0.3 is 0 Å². The van der Waals surface area contributed by atoms with Gasteiger partial charge in [0.2, 0.25) is 0 Å². The van der Waals surface area contributed by atoms with Crippen molar-refractivity contribution in [3.05, 3.63) is 10.0 Å². The molecule has 0 atom stereocenters. The number of halogens is 1.